The number of amides is 1. The monoisotopic (exact) mass is 248 g/mol. The molecule has 1 heterocycles. The van der Waals surface area contributed by atoms with Crippen LogP contribution in [0.4, 0.5) is 11.4 Å². The maximum atomic E-state index is 12.6. The number of nitrogen functional groups attached to an aromatic ring is 1. The zero-order valence-electron chi connectivity index (χ0n) is 11.0. The number of nitrogens with zero attached hydrogens (tertiary/aromatic N) is 1. The minimum atomic E-state index is -0.680. The van der Waals surface area contributed by atoms with Crippen LogP contribution < -0.4 is 10.6 Å². The van der Waals surface area contributed by atoms with Crippen LogP contribution in [0.25, 0.3) is 0 Å². The van der Waals surface area contributed by atoms with Crippen molar-refractivity contribution in [1.29, 1.82) is 0 Å². The van der Waals surface area contributed by atoms with Gasteiger partial charge in [-0.2, -0.15) is 0 Å². The van der Waals surface area contributed by atoms with E-state index in [9.17, 15) is 4.79 Å². The molecule has 1 fully saturated rings. The lowest BCUT2D eigenvalue weighted by Crippen LogP contribution is -2.47. The van der Waals surface area contributed by atoms with E-state index in [1.807, 2.05) is 38.1 Å². The standard InChI is InChI=1S/C14H20N2O2/c1-3-16(12-7-4-6-11(15)10-12)13(17)14(2)8-5-9-18-14/h4,6-7,10H,3,5,8-9,15H2,1-2H3. The fraction of sp³-hybridized carbons (Fsp3) is 0.500. The van der Waals surface area contributed by atoms with Crippen LogP contribution in [0.1, 0.15) is 26.7 Å². The molecule has 1 aromatic carbocycles. The second-order valence-corrected chi connectivity index (χ2v) is 4.83. The Labute approximate surface area is 108 Å². The van der Waals surface area contributed by atoms with Gasteiger partial charge in [0.1, 0.15) is 5.60 Å². The normalized spacial score (nSPS) is 23.0. The molecule has 0 aromatic heterocycles. The molecule has 2 N–H and O–H groups in total. The van der Waals surface area contributed by atoms with Gasteiger partial charge in [0, 0.05) is 24.5 Å². The zero-order valence-corrected chi connectivity index (χ0v) is 11.0. The average molecular weight is 248 g/mol. The summed E-state index contributed by atoms with van der Waals surface area (Å²) in [6.07, 6.45) is 1.72. The summed E-state index contributed by atoms with van der Waals surface area (Å²) in [6.45, 7) is 5.11. The van der Waals surface area contributed by atoms with Crippen molar-refractivity contribution < 1.29 is 9.53 Å². The highest BCUT2D eigenvalue weighted by atomic mass is 16.5. The lowest BCUT2D eigenvalue weighted by Gasteiger charge is -2.30. The molecule has 1 atom stereocenters. The Morgan fingerprint density at radius 3 is 2.89 bits per heavy atom. The highest BCUT2D eigenvalue weighted by molar-refractivity contribution is 5.99. The van der Waals surface area contributed by atoms with Crippen LogP contribution >= 0.6 is 0 Å². The first-order valence-electron chi connectivity index (χ1n) is 6.38. The highest BCUT2D eigenvalue weighted by Gasteiger charge is 2.40. The molecular weight excluding hydrogens is 228 g/mol. The molecule has 0 radical (unpaired) electrons. The summed E-state index contributed by atoms with van der Waals surface area (Å²) >= 11 is 0. The summed E-state index contributed by atoms with van der Waals surface area (Å²) in [5, 5.41) is 0. The molecule has 0 bridgehead atoms. The van der Waals surface area contributed by atoms with E-state index in [2.05, 4.69) is 0 Å². The number of hydrogen-bond acceptors (Lipinski definition) is 3. The van der Waals surface area contributed by atoms with Crippen LogP contribution in [0, 0.1) is 0 Å². The van der Waals surface area contributed by atoms with E-state index in [1.165, 1.54) is 0 Å². The van der Waals surface area contributed by atoms with E-state index in [1.54, 1.807) is 4.90 Å². The highest BCUT2D eigenvalue weighted by Crippen LogP contribution is 2.29. The number of hydrogen-bond donors (Lipinski definition) is 1. The molecule has 0 spiro atoms. The third-order valence-corrected chi connectivity index (χ3v) is 3.41. The van der Waals surface area contributed by atoms with Gasteiger partial charge < -0.3 is 15.4 Å². The number of nitrogens with two attached hydrogens (primary N) is 1. The summed E-state index contributed by atoms with van der Waals surface area (Å²) in [5.74, 6) is 0.0214. The van der Waals surface area contributed by atoms with Crippen molar-refractivity contribution in [2.24, 2.45) is 0 Å². The van der Waals surface area contributed by atoms with Gasteiger partial charge in [-0.15, -0.1) is 0 Å². The summed E-state index contributed by atoms with van der Waals surface area (Å²) in [5.41, 5.74) is 6.58. The Balaban J connectivity index is 2.26. The molecule has 4 heteroatoms. The van der Waals surface area contributed by atoms with Gasteiger partial charge in [-0.3, -0.25) is 4.79 Å². The van der Waals surface area contributed by atoms with E-state index in [0.29, 0.717) is 18.8 Å². The number of likely N-dealkylation sites (N-methyl/N-ethyl adjacent to an activating group) is 1. The predicted octanol–water partition coefficient (Wildman–Crippen LogP) is 2.19. The van der Waals surface area contributed by atoms with Crippen molar-refractivity contribution in [3.8, 4) is 0 Å². The smallest absolute Gasteiger partial charge is 0.258 e. The molecule has 1 aliphatic rings. The van der Waals surface area contributed by atoms with Gasteiger partial charge in [0.2, 0.25) is 0 Å². The Hall–Kier alpha value is -1.55. The Morgan fingerprint density at radius 1 is 1.56 bits per heavy atom. The first-order chi connectivity index (χ1) is 8.57. The van der Waals surface area contributed by atoms with Gasteiger partial charge in [0.05, 0.1) is 0 Å². The largest absolute Gasteiger partial charge is 0.399 e. The van der Waals surface area contributed by atoms with E-state index in [0.717, 1.165) is 18.5 Å². The van der Waals surface area contributed by atoms with Gasteiger partial charge in [-0.05, 0) is 44.9 Å². The molecule has 4 nitrogen and oxygen atoms in total. The quantitative estimate of drug-likeness (QED) is 0.834. The Morgan fingerprint density at radius 2 is 2.33 bits per heavy atom. The SMILES string of the molecule is CCN(C(=O)C1(C)CCCO1)c1cccc(N)c1. The number of anilines is 2. The van der Waals surface area contributed by atoms with E-state index in [-0.39, 0.29) is 5.91 Å². The fourth-order valence-electron chi connectivity index (χ4n) is 2.37. The van der Waals surface area contributed by atoms with Crippen molar-refractivity contribution in [1.82, 2.24) is 0 Å². The summed E-state index contributed by atoms with van der Waals surface area (Å²) in [6, 6.07) is 7.39. The van der Waals surface area contributed by atoms with Crippen LogP contribution in [0.5, 0.6) is 0 Å². The molecule has 98 valence electrons. The molecule has 1 aromatic rings. The van der Waals surface area contributed by atoms with Gasteiger partial charge in [0.25, 0.3) is 5.91 Å². The third-order valence-electron chi connectivity index (χ3n) is 3.41. The van der Waals surface area contributed by atoms with E-state index in [4.69, 9.17) is 10.5 Å². The Kier molecular flexibility index (Phi) is 3.57. The van der Waals surface area contributed by atoms with Crippen molar-refractivity contribution in [3.05, 3.63) is 24.3 Å². The summed E-state index contributed by atoms with van der Waals surface area (Å²) in [7, 11) is 0. The predicted molar refractivity (Wildman–Crippen MR) is 72.5 cm³/mol. The lowest BCUT2D eigenvalue weighted by molar-refractivity contribution is -0.136. The summed E-state index contributed by atoms with van der Waals surface area (Å²) in [4.78, 5) is 14.3. The van der Waals surface area contributed by atoms with E-state index >= 15 is 0 Å². The van der Waals surface area contributed by atoms with Crippen LogP contribution in [0.15, 0.2) is 24.3 Å². The van der Waals surface area contributed by atoms with Crippen LogP contribution in [0.2, 0.25) is 0 Å². The molecule has 18 heavy (non-hydrogen) atoms. The molecule has 1 saturated heterocycles. The maximum absolute atomic E-state index is 12.6. The second-order valence-electron chi connectivity index (χ2n) is 4.83. The molecule has 1 unspecified atom stereocenters. The maximum Gasteiger partial charge on any atom is 0.258 e. The first kappa shape index (κ1) is 12.9. The van der Waals surface area contributed by atoms with Crippen molar-refractivity contribution in [2.45, 2.75) is 32.3 Å². The van der Waals surface area contributed by atoms with E-state index < -0.39 is 5.60 Å². The number of rotatable bonds is 3. The fourth-order valence-corrected chi connectivity index (χ4v) is 2.37. The second kappa shape index (κ2) is 4.98. The van der Waals surface area contributed by atoms with Crippen molar-refractivity contribution >= 4 is 17.3 Å². The van der Waals surface area contributed by atoms with Crippen molar-refractivity contribution in [2.75, 3.05) is 23.8 Å². The molecule has 0 saturated carbocycles. The van der Waals surface area contributed by atoms with Crippen LogP contribution in [-0.2, 0) is 9.53 Å². The topological polar surface area (TPSA) is 55.6 Å². The Bertz CT molecular complexity index is 439. The first-order valence-corrected chi connectivity index (χ1v) is 6.38. The van der Waals surface area contributed by atoms with Crippen molar-refractivity contribution in [3.63, 3.8) is 0 Å². The molecule has 1 amide bonds. The minimum Gasteiger partial charge on any atom is -0.399 e. The third kappa shape index (κ3) is 2.34. The lowest BCUT2D eigenvalue weighted by atomic mass is 10.0. The van der Waals surface area contributed by atoms with Crippen LogP contribution in [-0.4, -0.2) is 24.7 Å². The average Bonchev–Trinajstić information content (AvgIpc) is 2.78. The number of carbonyl (C=O) groups excluding carboxylic acids is 1. The molecular formula is C14H20N2O2. The molecule has 2 rings (SSSR count). The van der Waals surface area contributed by atoms with Crippen LogP contribution in [0.3, 0.4) is 0 Å². The van der Waals surface area contributed by atoms with Gasteiger partial charge in [-0.1, -0.05) is 6.07 Å². The van der Waals surface area contributed by atoms with Gasteiger partial charge in [-0.25, -0.2) is 0 Å². The zero-order chi connectivity index (χ0) is 13.2. The number of carbonyl (C=O) groups is 1. The number of ether oxygens (including phenoxy) is 1. The number of benzene rings is 1. The minimum absolute atomic E-state index is 0.0214. The van der Waals surface area contributed by atoms with Gasteiger partial charge in [0.15, 0.2) is 0 Å². The van der Waals surface area contributed by atoms with Gasteiger partial charge >= 0.3 is 0 Å². The molecule has 0 aliphatic carbocycles. The summed E-state index contributed by atoms with van der Waals surface area (Å²) < 4.78 is 5.61. The molecule has 1 aliphatic heterocycles.